The van der Waals surface area contributed by atoms with E-state index in [1.807, 2.05) is 57.8 Å². The third-order valence-corrected chi connectivity index (χ3v) is 7.91. The fourth-order valence-corrected chi connectivity index (χ4v) is 5.73. The average Bonchev–Trinajstić information content (AvgIpc) is 2.96. The topological polar surface area (TPSA) is 80.7 Å². The number of benzene rings is 1. The summed E-state index contributed by atoms with van der Waals surface area (Å²) in [5.41, 5.74) is 2.33. The Bertz CT molecular complexity index is 1430. The Morgan fingerprint density at radius 1 is 1.07 bits per heavy atom. The van der Waals surface area contributed by atoms with Crippen molar-refractivity contribution in [2.75, 3.05) is 36.0 Å². The fourth-order valence-electron chi connectivity index (χ4n) is 5.73. The minimum Gasteiger partial charge on any atom is -0.486 e. The normalized spacial score (nSPS) is 15.8. The van der Waals surface area contributed by atoms with Gasteiger partial charge in [0.2, 0.25) is 0 Å². The molecule has 2 aliphatic heterocycles. The van der Waals surface area contributed by atoms with Crippen molar-refractivity contribution < 1.29 is 23.0 Å². The van der Waals surface area contributed by atoms with Crippen molar-refractivity contribution in [2.45, 2.75) is 78.4 Å². The van der Waals surface area contributed by atoms with Gasteiger partial charge in [0.15, 0.2) is 17.4 Å². The molecule has 0 aliphatic carbocycles. The van der Waals surface area contributed by atoms with E-state index in [2.05, 4.69) is 19.9 Å². The molecule has 10 heteroatoms. The van der Waals surface area contributed by atoms with Crippen molar-refractivity contribution in [1.29, 1.82) is 0 Å². The molecule has 0 saturated carbocycles. The van der Waals surface area contributed by atoms with Crippen LogP contribution in [0.3, 0.4) is 0 Å². The predicted molar refractivity (Wildman–Crippen MR) is 162 cm³/mol. The molecule has 0 N–H and O–H groups in total. The van der Waals surface area contributed by atoms with E-state index in [-0.39, 0.29) is 23.5 Å². The number of fused-ring (bicyclic) bond motifs is 1. The Balaban J connectivity index is 1.21. The summed E-state index contributed by atoms with van der Waals surface area (Å²) >= 11 is 0. The lowest BCUT2D eigenvalue weighted by molar-refractivity contribution is -0.155. The maximum absolute atomic E-state index is 15.0. The minimum atomic E-state index is -0.617. The summed E-state index contributed by atoms with van der Waals surface area (Å²) in [7, 11) is 0. The van der Waals surface area contributed by atoms with E-state index in [4.69, 9.17) is 9.47 Å². The summed E-state index contributed by atoms with van der Waals surface area (Å²) in [6, 6.07) is 7.11. The molecule has 2 aliphatic rings. The second-order valence-electron chi connectivity index (χ2n) is 12.7. The van der Waals surface area contributed by atoms with Gasteiger partial charge in [0.05, 0.1) is 36.7 Å². The Morgan fingerprint density at radius 2 is 1.84 bits per heavy atom. The van der Waals surface area contributed by atoms with Gasteiger partial charge >= 0.3 is 5.97 Å². The smallest absolute Gasteiger partial charge is 0.306 e. The van der Waals surface area contributed by atoms with Gasteiger partial charge < -0.3 is 19.3 Å². The van der Waals surface area contributed by atoms with Gasteiger partial charge in [-0.05, 0) is 84.1 Å². The maximum Gasteiger partial charge on any atom is 0.306 e. The van der Waals surface area contributed by atoms with Crippen molar-refractivity contribution in [3.05, 3.63) is 59.8 Å². The molecule has 1 saturated heterocycles. The number of piperidine rings is 1. The maximum atomic E-state index is 15.0. The van der Waals surface area contributed by atoms with Gasteiger partial charge in [-0.2, -0.15) is 0 Å². The molecular weight excluding hydrogens is 552 g/mol. The van der Waals surface area contributed by atoms with Gasteiger partial charge in [0.1, 0.15) is 23.7 Å². The van der Waals surface area contributed by atoms with Crippen LogP contribution in [-0.4, -0.2) is 58.8 Å². The molecule has 5 rings (SSSR count). The van der Waals surface area contributed by atoms with Gasteiger partial charge in [0.25, 0.3) is 0 Å². The van der Waals surface area contributed by atoms with Crippen LogP contribution in [0, 0.1) is 17.6 Å². The molecule has 230 valence electrons. The zero-order valence-corrected chi connectivity index (χ0v) is 25.7. The van der Waals surface area contributed by atoms with E-state index in [1.165, 1.54) is 6.07 Å². The highest BCUT2D eigenvalue weighted by molar-refractivity contribution is 5.72. The summed E-state index contributed by atoms with van der Waals surface area (Å²) in [4.78, 5) is 29.7. The van der Waals surface area contributed by atoms with E-state index < -0.39 is 17.2 Å². The number of carbonyl (C=O) groups excluding carboxylic acids is 1. The molecule has 4 heterocycles. The van der Waals surface area contributed by atoms with Crippen LogP contribution in [-0.2, 0) is 16.0 Å². The first kappa shape index (κ1) is 30.6. The first-order chi connectivity index (χ1) is 20.5. The standard InChI is InChI=1S/C33H41F2N5O3/c1-21(2)40-14-15-42-32-26(34)16-23(17-28(32)40)31-27(35)20-37-29(38-31)18-24-7-8-25(19-36-24)39-12-10-22(11-13-39)6-9-30(41)43-33(3,4)5/h7-8,16-17,19-22H,6,9-15,18H2,1-5H3. The summed E-state index contributed by atoms with van der Waals surface area (Å²) in [5, 5.41) is 0. The van der Waals surface area contributed by atoms with Gasteiger partial charge in [-0.25, -0.2) is 18.7 Å². The van der Waals surface area contributed by atoms with Crippen LogP contribution in [0.25, 0.3) is 11.3 Å². The van der Waals surface area contributed by atoms with Crippen molar-refractivity contribution in [3.8, 4) is 17.0 Å². The Kier molecular flexibility index (Phi) is 9.13. The molecule has 2 aromatic heterocycles. The quantitative estimate of drug-likeness (QED) is 0.280. The van der Waals surface area contributed by atoms with Crippen LogP contribution in [0.15, 0.2) is 36.7 Å². The first-order valence-corrected chi connectivity index (χ1v) is 15.1. The fraction of sp³-hybridized carbons (Fsp3) is 0.515. The number of aromatic nitrogens is 3. The monoisotopic (exact) mass is 593 g/mol. The minimum absolute atomic E-state index is 0.0483. The van der Waals surface area contributed by atoms with Gasteiger partial charge in [-0.15, -0.1) is 0 Å². The van der Waals surface area contributed by atoms with Gasteiger partial charge in [-0.3, -0.25) is 9.78 Å². The van der Waals surface area contributed by atoms with E-state index in [0.29, 0.717) is 49.0 Å². The summed E-state index contributed by atoms with van der Waals surface area (Å²) in [5.74, 6) is -0.194. The molecule has 0 unspecified atom stereocenters. The summed E-state index contributed by atoms with van der Waals surface area (Å²) in [6.45, 7) is 12.6. The lowest BCUT2D eigenvalue weighted by Gasteiger charge is -2.34. The van der Waals surface area contributed by atoms with Crippen LogP contribution in [0.4, 0.5) is 20.2 Å². The molecule has 0 atom stereocenters. The van der Waals surface area contributed by atoms with Crippen LogP contribution >= 0.6 is 0 Å². The highest BCUT2D eigenvalue weighted by atomic mass is 19.1. The zero-order chi connectivity index (χ0) is 30.7. The van der Waals surface area contributed by atoms with E-state index >= 15 is 4.39 Å². The first-order valence-electron chi connectivity index (χ1n) is 15.1. The van der Waals surface area contributed by atoms with Crippen molar-refractivity contribution >= 4 is 17.3 Å². The second kappa shape index (κ2) is 12.8. The van der Waals surface area contributed by atoms with E-state index in [0.717, 1.165) is 49.9 Å². The molecular formula is C33H41F2N5O3. The third kappa shape index (κ3) is 7.58. The number of esters is 1. The second-order valence-corrected chi connectivity index (χ2v) is 12.7. The van der Waals surface area contributed by atoms with Gasteiger partial charge in [-0.1, -0.05) is 0 Å². The summed E-state index contributed by atoms with van der Waals surface area (Å²) < 4.78 is 41.0. The number of nitrogens with zero attached hydrogens (tertiary/aromatic N) is 5. The molecule has 3 aromatic rings. The molecule has 0 spiro atoms. The SMILES string of the molecule is CC(C)N1CCOc2c(F)cc(-c3nc(Cc4ccc(N5CCC(CCC(=O)OC(C)(C)C)CC5)cn4)ncc3F)cc21. The Morgan fingerprint density at radius 3 is 2.51 bits per heavy atom. The highest BCUT2D eigenvalue weighted by Crippen LogP contribution is 2.39. The predicted octanol–water partition coefficient (Wildman–Crippen LogP) is 6.35. The van der Waals surface area contributed by atoms with Crippen molar-refractivity contribution in [2.24, 2.45) is 5.92 Å². The van der Waals surface area contributed by atoms with Crippen molar-refractivity contribution in [3.63, 3.8) is 0 Å². The molecule has 0 bridgehead atoms. The number of halogens is 2. The Labute approximate surface area is 252 Å². The number of rotatable bonds is 8. The number of anilines is 2. The largest absolute Gasteiger partial charge is 0.486 e. The number of hydrogen-bond acceptors (Lipinski definition) is 8. The number of carbonyl (C=O) groups is 1. The average molecular weight is 594 g/mol. The highest BCUT2D eigenvalue weighted by Gasteiger charge is 2.26. The third-order valence-electron chi connectivity index (χ3n) is 7.91. The van der Waals surface area contributed by atoms with E-state index in [9.17, 15) is 9.18 Å². The lowest BCUT2D eigenvalue weighted by atomic mass is 9.92. The zero-order valence-electron chi connectivity index (χ0n) is 25.7. The van der Waals surface area contributed by atoms with Crippen LogP contribution < -0.4 is 14.5 Å². The van der Waals surface area contributed by atoms with Crippen LogP contribution in [0.5, 0.6) is 5.75 Å². The lowest BCUT2D eigenvalue weighted by Crippen LogP contribution is -2.38. The number of hydrogen-bond donors (Lipinski definition) is 0. The molecule has 43 heavy (non-hydrogen) atoms. The van der Waals surface area contributed by atoms with E-state index in [1.54, 1.807) is 6.07 Å². The molecule has 1 aromatic carbocycles. The summed E-state index contributed by atoms with van der Waals surface area (Å²) in [6.07, 6.45) is 6.63. The Hall–Kier alpha value is -3.82. The molecule has 1 fully saturated rings. The van der Waals surface area contributed by atoms with Crippen molar-refractivity contribution in [1.82, 2.24) is 15.0 Å². The van der Waals surface area contributed by atoms with Crippen LogP contribution in [0.2, 0.25) is 0 Å². The van der Waals surface area contributed by atoms with Gasteiger partial charge in [0, 0.05) is 36.8 Å². The molecule has 0 radical (unpaired) electrons. The molecule has 0 amide bonds. The number of pyridine rings is 1. The number of ether oxygens (including phenoxy) is 2. The molecule has 8 nitrogen and oxygen atoms in total. The van der Waals surface area contributed by atoms with Crippen LogP contribution in [0.1, 0.15) is 71.8 Å².